The highest BCUT2D eigenvalue weighted by Gasteiger charge is 2.12. The molecule has 0 aliphatic heterocycles. The maximum atomic E-state index is 12.2. The Balaban J connectivity index is 2.28. The van der Waals surface area contributed by atoms with Gasteiger partial charge in [0.15, 0.2) is 0 Å². The number of aryl methyl sites for hydroxylation is 1. The number of nitrogens with one attached hydrogen (secondary N) is 1. The fraction of sp³-hybridized carbons (Fsp3) is 0.0714. The largest absolute Gasteiger partial charge is 0.399 e. The first kappa shape index (κ1) is 13.9. The molecule has 0 bridgehead atoms. The second kappa shape index (κ2) is 5.63. The average Bonchev–Trinajstić information content (AvgIpc) is 2.33. The monoisotopic (exact) mass is 338 g/mol. The molecule has 0 saturated heterocycles. The first-order valence-corrected chi connectivity index (χ1v) is 6.77. The number of nitrogen functional groups attached to an aromatic ring is 1. The third-order valence-electron chi connectivity index (χ3n) is 2.61. The summed E-state index contributed by atoms with van der Waals surface area (Å²) in [6.07, 6.45) is 0. The van der Waals surface area contributed by atoms with E-state index in [1.165, 1.54) is 0 Å². The number of carbonyl (C=O) groups is 1. The summed E-state index contributed by atoms with van der Waals surface area (Å²) in [6, 6.07) is 10.5. The lowest BCUT2D eigenvalue weighted by Gasteiger charge is -2.09. The summed E-state index contributed by atoms with van der Waals surface area (Å²) in [6.45, 7) is 1.96. The summed E-state index contributed by atoms with van der Waals surface area (Å²) in [5.74, 6) is -0.237. The molecule has 0 fully saturated rings. The molecule has 19 heavy (non-hydrogen) atoms. The zero-order valence-corrected chi connectivity index (χ0v) is 12.5. The molecule has 3 nitrogen and oxygen atoms in total. The highest BCUT2D eigenvalue weighted by Crippen LogP contribution is 2.26. The van der Waals surface area contributed by atoms with Crippen molar-refractivity contribution in [1.82, 2.24) is 0 Å². The molecule has 1 amide bonds. The number of anilines is 2. The van der Waals surface area contributed by atoms with E-state index in [1.54, 1.807) is 24.3 Å². The molecule has 0 aliphatic carbocycles. The van der Waals surface area contributed by atoms with Gasteiger partial charge in [-0.05, 0) is 58.7 Å². The Labute approximate surface area is 124 Å². The van der Waals surface area contributed by atoms with E-state index in [0.717, 1.165) is 10.0 Å². The Morgan fingerprint density at radius 3 is 2.68 bits per heavy atom. The van der Waals surface area contributed by atoms with Crippen molar-refractivity contribution in [3.05, 3.63) is 57.0 Å². The molecular formula is C14H12BrClN2O. The lowest BCUT2D eigenvalue weighted by molar-refractivity contribution is 0.102. The summed E-state index contributed by atoms with van der Waals surface area (Å²) >= 11 is 9.39. The van der Waals surface area contributed by atoms with E-state index in [1.807, 2.05) is 19.1 Å². The normalized spacial score (nSPS) is 10.3. The van der Waals surface area contributed by atoms with Crippen LogP contribution in [0.25, 0.3) is 0 Å². The predicted octanol–water partition coefficient (Wildman–Crippen LogP) is 4.25. The van der Waals surface area contributed by atoms with Crippen molar-refractivity contribution in [3.63, 3.8) is 0 Å². The van der Waals surface area contributed by atoms with Crippen LogP contribution < -0.4 is 11.1 Å². The van der Waals surface area contributed by atoms with Crippen molar-refractivity contribution in [1.29, 1.82) is 0 Å². The van der Waals surface area contributed by atoms with Crippen molar-refractivity contribution in [2.75, 3.05) is 11.1 Å². The van der Waals surface area contributed by atoms with E-state index in [-0.39, 0.29) is 5.91 Å². The van der Waals surface area contributed by atoms with Gasteiger partial charge in [0.1, 0.15) is 0 Å². The highest BCUT2D eigenvalue weighted by atomic mass is 79.9. The van der Waals surface area contributed by atoms with E-state index < -0.39 is 0 Å². The van der Waals surface area contributed by atoms with Gasteiger partial charge in [0.25, 0.3) is 5.91 Å². The third kappa shape index (κ3) is 3.28. The van der Waals surface area contributed by atoms with Gasteiger partial charge in [0, 0.05) is 10.2 Å². The first-order valence-electron chi connectivity index (χ1n) is 5.60. The molecule has 0 radical (unpaired) electrons. The standard InChI is InChI=1S/C14H12BrClN2O/c1-8-2-4-10(11(15)6-8)14(19)18-13-7-9(17)3-5-12(13)16/h2-7H,17H2,1H3,(H,18,19). The molecule has 2 aromatic rings. The number of halogens is 2. The molecule has 3 N–H and O–H groups in total. The van der Waals surface area contributed by atoms with Gasteiger partial charge in [-0.15, -0.1) is 0 Å². The molecule has 5 heteroatoms. The van der Waals surface area contributed by atoms with Crippen LogP contribution in [0.3, 0.4) is 0 Å². The van der Waals surface area contributed by atoms with Gasteiger partial charge in [-0.3, -0.25) is 4.79 Å². The van der Waals surface area contributed by atoms with E-state index in [0.29, 0.717) is 22.0 Å². The van der Waals surface area contributed by atoms with Crippen LogP contribution in [0, 0.1) is 6.92 Å². The molecule has 2 rings (SSSR count). The number of carbonyl (C=O) groups excluding carboxylic acids is 1. The topological polar surface area (TPSA) is 55.1 Å². The zero-order valence-electron chi connectivity index (χ0n) is 10.2. The Bertz CT molecular complexity index is 643. The summed E-state index contributed by atoms with van der Waals surface area (Å²) in [5.41, 5.74) is 8.34. The second-order valence-corrected chi connectivity index (χ2v) is 5.44. The van der Waals surface area contributed by atoms with E-state index in [4.69, 9.17) is 17.3 Å². The van der Waals surface area contributed by atoms with Crippen LogP contribution in [0.5, 0.6) is 0 Å². The Hall–Kier alpha value is -1.52. The molecule has 0 saturated carbocycles. The summed E-state index contributed by atoms with van der Waals surface area (Å²) in [4.78, 5) is 12.2. The molecule has 0 heterocycles. The molecule has 0 spiro atoms. The Kier molecular flexibility index (Phi) is 4.12. The van der Waals surface area contributed by atoms with Crippen LogP contribution in [0.2, 0.25) is 5.02 Å². The van der Waals surface area contributed by atoms with Gasteiger partial charge in [0.05, 0.1) is 16.3 Å². The van der Waals surface area contributed by atoms with E-state index in [9.17, 15) is 4.79 Å². The highest BCUT2D eigenvalue weighted by molar-refractivity contribution is 9.10. The number of hydrogen-bond acceptors (Lipinski definition) is 2. The number of rotatable bonds is 2. The van der Waals surface area contributed by atoms with E-state index >= 15 is 0 Å². The Morgan fingerprint density at radius 2 is 2.00 bits per heavy atom. The maximum Gasteiger partial charge on any atom is 0.256 e. The number of hydrogen-bond donors (Lipinski definition) is 2. The minimum absolute atomic E-state index is 0.237. The summed E-state index contributed by atoms with van der Waals surface area (Å²) in [7, 11) is 0. The summed E-state index contributed by atoms with van der Waals surface area (Å²) in [5, 5.41) is 3.20. The molecule has 0 aliphatic rings. The van der Waals surface area contributed by atoms with Gasteiger partial charge >= 0.3 is 0 Å². The van der Waals surface area contributed by atoms with Gasteiger partial charge in [-0.1, -0.05) is 17.7 Å². The van der Waals surface area contributed by atoms with Crippen LogP contribution in [0.15, 0.2) is 40.9 Å². The van der Waals surface area contributed by atoms with Crippen LogP contribution in [0.4, 0.5) is 11.4 Å². The van der Waals surface area contributed by atoms with Gasteiger partial charge in [-0.25, -0.2) is 0 Å². The SMILES string of the molecule is Cc1ccc(C(=O)Nc2cc(N)ccc2Cl)c(Br)c1. The molecule has 0 aromatic heterocycles. The van der Waals surface area contributed by atoms with Gasteiger partial charge in [-0.2, -0.15) is 0 Å². The molecule has 0 unspecified atom stereocenters. The lowest BCUT2D eigenvalue weighted by atomic mass is 10.1. The van der Waals surface area contributed by atoms with Crippen molar-refractivity contribution >= 4 is 44.8 Å². The molecule has 0 atom stereocenters. The maximum absolute atomic E-state index is 12.2. The Morgan fingerprint density at radius 1 is 1.26 bits per heavy atom. The van der Waals surface area contributed by atoms with Crippen LogP contribution in [-0.4, -0.2) is 5.91 Å². The van der Waals surface area contributed by atoms with Gasteiger partial charge in [0.2, 0.25) is 0 Å². The van der Waals surface area contributed by atoms with Crippen molar-refractivity contribution in [2.45, 2.75) is 6.92 Å². The number of benzene rings is 2. The fourth-order valence-electron chi connectivity index (χ4n) is 1.63. The molecule has 2 aromatic carbocycles. The molecule has 98 valence electrons. The van der Waals surface area contributed by atoms with Crippen LogP contribution >= 0.6 is 27.5 Å². The van der Waals surface area contributed by atoms with Crippen molar-refractivity contribution in [2.24, 2.45) is 0 Å². The fourth-order valence-corrected chi connectivity index (χ4v) is 2.47. The third-order valence-corrected chi connectivity index (χ3v) is 3.59. The van der Waals surface area contributed by atoms with Crippen molar-refractivity contribution < 1.29 is 4.79 Å². The van der Waals surface area contributed by atoms with Gasteiger partial charge < -0.3 is 11.1 Å². The average molecular weight is 340 g/mol. The van der Waals surface area contributed by atoms with Crippen LogP contribution in [-0.2, 0) is 0 Å². The minimum atomic E-state index is -0.237. The number of nitrogens with two attached hydrogens (primary N) is 1. The minimum Gasteiger partial charge on any atom is -0.399 e. The molecular weight excluding hydrogens is 328 g/mol. The van der Waals surface area contributed by atoms with E-state index in [2.05, 4.69) is 21.2 Å². The van der Waals surface area contributed by atoms with Crippen molar-refractivity contribution in [3.8, 4) is 0 Å². The smallest absolute Gasteiger partial charge is 0.256 e. The second-order valence-electron chi connectivity index (χ2n) is 4.18. The first-order chi connectivity index (χ1) is 8.97. The lowest BCUT2D eigenvalue weighted by Crippen LogP contribution is -2.13. The van der Waals surface area contributed by atoms with Crippen LogP contribution in [0.1, 0.15) is 15.9 Å². The quantitative estimate of drug-likeness (QED) is 0.804. The zero-order chi connectivity index (χ0) is 14.0. The predicted molar refractivity (Wildman–Crippen MR) is 82.7 cm³/mol. The number of amides is 1. The summed E-state index contributed by atoms with van der Waals surface area (Å²) < 4.78 is 0.741.